The summed E-state index contributed by atoms with van der Waals surface area (Å²) in [4.78, 5) is 10.6. The second kappa shape index (κ2) is 11.5. The molecular weight excluding hydrogens is 558 g/mol. The highest BCUT2D eigenvalue weighted by atomic mass is 79.9. The van der Waals surface area contributed by atoms with E-state index in [4.69, 9.17) is 0 Å². The van der Waals surface area contributed by atoms with Crippen molar-refractivity contribution in [1.29, 1.82) is 0 Å². The first-order valence-electron chi connectivity index (χ1n) is 10.7. The summed E-state index contributed by atoms with van der Waals surface area (Å²) < 4.78 is 56.2. The number of hydrogen-bond donors (Lipinski definition) is 2. The molecule has 0 bridgehead atoms. The van der Waals surface area contributed by atoms with Gasteiger partial charge in [0.05, 0.1) is 11.8 Å². The van der Waals surface area contributed by atoms with Gasteiger partial charge in [0.15, 0.2) is 9.84 Å². The molecule has 2 unspecified atom stereocenters. The maximum Gasteiger partial charge on any atom is 0.242 e. The van der Waals surface area contributed by atoms with Gasteiger partial charge in [-0.3, -0.25) is 0 Å². The van der Waals surface area contributed by atoms with Crippen LogP contribution in [0.15, 0.2) is 92.2 Å². The molecule has 186 valence electrons. The number of rotatable bonds is 11. The first kappa shape index (κ1) is 27.1. The van der Waals surface area contributed by atoms with Crippen molar-refractivity contribution in [2.75, 3.05) is 13.1 Å². The summed E-state index contributed by atoms with van der Waals surface area (Å²) in [7, 11) is -8.22. The molecular formula is C23H24BrN3O6S2. The van der Waals surface area contributed by atoms with E-state index < -0.39 is 25.1 Å². The molecule has 0 spiro atoms. The van der Waals surface area contributed by atoms with Crippen LogP contribution in [0.2, 0.25) is 0 Å². The SMILES string of the molecule is CC[NH+]([O-])c1ccccc1S(=O)(=O)C(CCNS(=O)(=O)c1ccccc1N=O)c1cccc(Br)c1. The first-order chi connectivity index (χ1) is 16.6. The molecule has 9 nitrogen and oxygen atoms in total. The van der Waals surface area contributed by atoms with Crippen molar-refractivity contribution in [3.63, 3.8) is 0 Å². The topological polar surface area (TPSA) is 137 Å². The standard InChI is InChI=1S/C23H24BrN3O6S2/c1-2-27(29)20-11-4-6-13-23(20)34(30,31)21(17-8-7-9-18(24)16-17)14-15-25-35(32,33)22-12-5-3-10-19(22)26-28/h3-13,16,21,25,27H,2,14-15H2,1H3. The molecule has 35 heavy (non-hydrogen) atoms. The van der Waals surface area contributed by atoms with Crippen molar-refractivity contribution in [1.82, 2.24) is 4.72 Å². The largest absolute Gasteiger partial charge is 0.629 e. The highest BCUT2D eigenvalue weighted by Gasteiger charge is 2.33. The number of sulfone groups is 1. The zero-order chi connectivity index (χ0) is 25.6. The molecule has 3 aromatic carbocycles. The van der Waals surface area contributed by atoms with Crippen LogP contribution in [0, 0.1) is 10.1 Å². The number of hydroxylamine groups is 1. The van der Waals surface area contributed by atoms with Crippen LogP contribution < -0.4 is 9.79 Å². The average molecular weight is 582 g/mol. The fourth-order valence-electron chi connectivity index (χ4n) is 3.66. The van der Waals surface area contributed by atoms with Gasteiger partial charge in [-0.15, -0.1) is 4.91 Å². The van der Waals surface area contributed by atoms with Crippen LogP contribution in [0.3, 0.4) is 0 Å². The summed E-state index contributed by atoms with van der Waals surface area (Å²) in [5.74, 6) is 0. The number of nitrogens with one attached hydrogen (secondary N) is 2. The van der Waals surface area contributed by atoms with E-state index in [2.05, 4.69) is 25.8 Å². The third-order valence-corrected chi connectivity index (χ3v) is 9.59. The summed E-state index contributed by atoms with van der Waals surface area (Å²) in [6, 6.07) is 18.2. The molecule has 0 saturated carbocycles. The van der Waals surface area contributed by atoms with Gasteiger partial charge in [-0.2, -0.15) is 0 Å². The lowest BCUT2D eigenvalue weighted by Crippen LogP contribution is -3.01. The Bertz CT molecular complexity index is 1410. The number of quaternary nitrogens is 1. The van der Waals surface area contributed by atoms with Crippen molar-refractivity contribution >= 4 is 47.2 Å². The van der Waals surface area contributed by atoms with Crippen LogP contribution >= 0.6 is 15.9 Å². The van der Waals surface area contributed by atoms with Gasteiger partial charge in [0.2, 0.25) is 10.0 Å². The van der Waals surface area contributed by atoms with E-state index in [1.807, 2.05) is 0 Å². The normalized spacial score (nSPS) is 13.8. The predicted molar refractivity (Wildman–Crippen MR) is 137 cm³/mol. The average Bonchev–Trinajstić information content (AvgIpc) is 2.85. The highest BCUT2D eigenvalue weighted by Crippen LogP contribution is 2.35. The lowest BCUT2D eigenvalue weighted by molar-refractivity contribution is -0.775. The number of nitrogens with zero attached hydrogens (tertiary/aromatic N) is 1. The summed E-state index contributed by atoms with van der Waals surface area (Å²) in [5, 5.41) is 13.8. The Hall–Kier alpha value is -2.48. The van der Waals surface area contributed by atoms with Crippen molar-refractivity contribution in [2.45, 2.75) is 28.4 Å². The maximum absolute atomic E-state index is 13.8. The Balaban J connectivity index is 1.97. The summed E-state index contributed by atoms with van der Waals surface area (Å²) in [5.41, 5.74) is 0.289. The smallest absolute Gasteiger partial charge is 0.242 e. The quantitative estimate of drug-likeness (QED) is 0.261. The summed E-state index contributed by atoms with van der Waals surface area (Å²) >= 11 is 3.35. The predicted octanol–water partition coefficient (Wildman–Crippen LogP) is 3.76. The second-order valence-electron chi connectivity index (χ2n) is 7.61. The molecule has 3 rings (SSSR count). The van der Waals surface area contributed by atoms with E-state index in [0.29, 0.717) is 10.0 Å². The molecule has 0 aromatic heterocycles. The molecule has 0 aliphatic carbocycles. The molecule has 2 atom stereocenters. The van der Waals surface area contributed by atoms with E-state index in [1.54, 1.807) is 43.3 Å². The molecule has 0 fully saturated rings. The van der Waals surface area contributed by atoms with Gasteiger partial charge in [-0.25, -0.2) is 21.6 Å². The van der Waals surface area contributed by atoms with E-state index in [0.717, 1.165) is 0 Å². The number of benzene rings is 3. The van der Waals surface area contributed by atoms with Crippen LogP contribution in [0.5, 0.6) is 0 Å². The Labute approximate surface area is 212 Å². The third-order valence-electron chi connectivity index (χ3n) is 5.36. The molecule has 0 radical (unpaired) electrons. The third kappa shape index (κ3) is 6.21. The minimum absolute atomic E-state index is 0.0987. The van der Waals surface area contributed by atoms with Crippen LogP contribution in [0.4, 0.5) is 11.4 Å². The van der Waals surface area contributed by atoms with Crippen LogP contribution in [-0.4, -0.2) is 29.9 Å². The van der Waals surface area contributed by atoms with Gasteiger partial charge >= 0.3 is 0 Å². The number of sulfonamides is 1. The number of halogens is 1. The van der Waals surface area contributed by atoms with Gasteiger partial charge in [-0.05, 0) is 54.4 Å². The number of nitroso groups, excluding NO2 is 1. The summed E-state index contributed by atoms with van der Waals surface area (Å²) in [6.45, 7) is 1.55. The van der Waals surface area contributed by atoms with Crippen molar-refractivity contribution in [3.05, 3.63) is 92.9 Å². The molecule has 0 aliphatic heterocycles. The molecule has 0 heterocycles. The fourth-order valence-corrected chi connectivity index (χ4v) is 7.25. The zero-order valence-electron chi connectivity index (χ0n) is 18.7. The molecule has 3 aromatic rings. The minimum atomic E-state index is -4.13. The van der Waals surface area contributed by atoms with E-state index in [9.17, 15) is 26.9 Å². The monoisotopic (exact) mass is 581 g/mol. The van der Waals surface area contributed by atoms with E-state index in [1.165, 1.54) is 36.4 Å². The van der Waals surface area contributed by atoms with Gasteiger partial charge in [-0.1, -0.05) is 52.3 Å². The Morgan fingerprint density at radius 2 is 1.63 bits per heavy atom. The van der Waals surface area contributed by atoms with Crippen molar-refractivity contribution in [3.8, 4) is 0 Å². The molecule has 12 heteroatoms. The molecule has 0 saturated heterocycles. The van der Waals surface area contributed by atoms with Crippen molar-refractivity contribution < 1.29 is 21.9 Å². The Morgan fingerprint density at radius 1 is 0.971 bits per heavy atom. The lowest BCUT2D eigenvalue weighted by Gasteiger charge is -2.25. The van der Waals surface area contributed by atoms with Gasteiger partial charge < -0.3 is 10.3 Å². The molecule has 0 aliphatic rings. The number of para-hydroxylation sites is 1. The van der Waals surface area contributed by atoms with Crippen LogP contribution in [0.1, 0.15) is 24.2 Å². The van der Waals surface area contributed by atoms with Gasteiger partial charge in [0, 0.05) is 17.1 Å². The highest BCUT2D eigenvalue weighted by molar-refractivity contribution is 9.10. The molecule has 2 N–H and O–H groups in total. The fraction of sp³-hybridized carbons (Fsp3) is 0.217. The van der Waals surface area contributed by atoms with Crippen molar-refractivity contribution in [2.24, 2.45) is 5.18 Å². The summed E-state index contributed by atoms with van der Waals surface area (Å²) in [6.07, 6.45) is -0.122. The minimum Gasteiger partial charge on any atom is -0.629 e. The van der Waals surface area contributed by atoms with E-state index >= 15 is 0 Å². The Morgan fingerprint density at radius 3 is 2.29 bits per heavy atom. The molecule has 0 amide bonds. The Kier molecular flexibility index (Phi) is 8.91. The number of hydrogen-bond acceptors (Lipinski definition) is 7. The second-order valence-corrected chi connectivity index (χ2v) is 12.4. The van der Waals surface area contributed by atoms with Gasteiger partial charge in [0.1, 0.15) is 21.2 Å². The van der Waals surface area contributed by atoms with Gasteiger partial charge in [0.25, 0.3) is 0 Å². The van der Waals surface area contributed by atoms with Crippen LogP contribution in [-0.2, 0) is 19.9 Å². The van der Waals surface area contributed by atoms with Crippen LogP contribution in [0.25, 0.3) is 0 Å². The zero-order valence-corrected chi connectivity index (χ0v) is 21.9. The van der Waals surface area contributed by atoms with E-state index in [-0.39, 0.29) is 45.7 Å². The first-order valence-corrected chi connectivity index (χ1v) is 14.5. The maximum atomic E-state index is 13.8. The lowest BCUT2D eigenvalue weighted by atomic mass is 10.1.